The minimum absolute atomic E-state index is 0.294. The van der Waals surface area contributed by atoms with Gasteiger partial charge < -0.3 is 10.4 Å². The minimum Gasteiger partial charge on any atom is -0.481 e. The van der Waals surface area contributed by atoms with Crippen LogP contribution in [0.1, 0.15) is 19.8 Å². The standard InChI is InChI=1S/C6H11NO2/c1-4-5(7-4)2-3-6(8)9/h4-5,7H,2-3H2,1H3,(H,8,9). The van der Waals surface area contributed by atoms with Crippen molar-refractivity contribution in [2.45, 2.75) is 31.8 Å². The highest BCUT2D eigenvalue weighted by atomic mass is 16.4. The van der Waals surface area contributed by atoms with Crippen LogP contribution in [0.5, 0.6) is 0 Å². The first-order valence-corrected chi connectivity index (χ1v) is 3.18. The summed E-state index contributed by atoms with van der Waals surface area (Å²) in [5, 5.41) is 11.4. The van der Waals surface area contributed by atoms with Gasteiger partial charge in [0.2, 0.25) is 0 Å². The van der Waals surface area contributed by atoms with E-state index in [0.29, 0.717) is 18.5 Å². The molecule has 1 fully saturated rings. The summed E-state index contributed by atoms with van der Waals surface area (Å²) in [4.78, 5) is 10.0. The summed E-state index contributed by atoms with van der Waals surface area (Å²) in [6.45, 7) is 2.06. The molecule has 2 atom stereocenters. The van der Waals surface area contributed by atoms with E-state index in [0.717, 1.165) is 6.42 Å². The van der Waals surface area contributed by atoms with Crippen molar-refractivity contribution in [1.29, 1.82) is 0 Å². The second-order valence-electron chi connectivity index (χ2n) is 2.49. The lowest BCUT2D eigenvalue weighted by atomic mass is 10.2. The Hall–Kier alpha value is -0.570. The maximum Gasteiger partial charge on any atom is 0.303 e. The number of carboxylic acids is 1. The Morgan fingerprint density at radius 1 is 1.78 bits per heavy atom. The molecule has 1 aliphatic heterocycles. The molecule has 0 aromatic heterocycles. The molecule has 0 spiro atoms. The van der Waals surface area contributed by atoms with Crippen molar-refractivity contribution >= 4 is 5.97 Å². The zero-order chi connectivity index (χ0) is 6.85. The van der Waals surface area contributed by atoms with Gasteiger partial charge in [-0.1, -0.05) is 0 Å². The van der Waals surface area contributed by atoms with Gasteiger partial charge in [0.15, 0.2) is 0 Å². The molecule has 0 bridgehead atoms. The van der Waals surface area contributed by atoms with Crippen molar-refractivity contribution in [3.63, 3.8) is 0 Å². The van der Waals surface area contributed by atoms with Crippen molar-refractivity contribution in [2.75, 3.05) is 0 Å². The summed E-state index contributed by atoms with van der Waals surface area (Å²) >= 11 is 0. The molecule has 0 radical (unpaired) electrons. The number of carbonyl (C=O) groups is 1. The van der Waals surface area contributed by atoms with Crippen LogP contribution in [0.3, 0.4) is 0 Å². The lowest BCUT2D eigenvalue weighted by Crippen LogP contribution is -1.99. The molecule has 0 aliphatic carbocycles. The Bertz CT molecular complexity index is 124. The van der Waals surface area contributed by atoms with Gasteiger partial charge in [0.1, 0.15) is 0 Å². The molecule has 9 heavy (non-hydrogen) atoms. The number of aliphatic carboxylic acids is 1. The largest absolute Gasteiger partial charge is 0.481 e. The van der Waals surface area contributed by atoms with E-state index in [1.54, 1.807) is 0 Å². The van der Waals surface area contributed by atoms with E-state index >= 15 is 0 Å². The first-order chi connectivity index (χ1) is 4.20. The third kappa shape index (κ3) is 2.01. The second-order valence-corrected chi connectivity index (χ2v) is 2.49. The van der Waals surface area contributed by atoms with Gasteiger partial charge in [-0.25, -0.2) is 0 Å². The van der Waals surface area contributed by atoms with E-state index < -0.39 is 5.97 Å². The number of nitrogens with one attached hydrogen (secondary N) is 1. The molecule has 1 rings (SSSR count). The van der Waals surface area contributed by atoms with E-state index in [1.807, 2.05) is 0 Å². The third-order valence-electron chi connectivity index (χ3n) is 1.64. The van der Waals surface area contributed by atoms with Crippen LogP contribution < -0.4 is 5.32 Å². The maximum atomic E-state index is 10.0. The van der Waals surface area contributed by atoms with Gasteiger partial charge in [-0.3, -0.25) is 4.79 Å². The lowest BCUT2D eigenvalue weighted by Gasteiger charge is -1.88. The van der Waals surface area contributed by atoms with Crippen LogP contribution in [0, 0.1) is 0 Å². The molecule has 0 amide bonds. The van der Waals surface area contributed by atoms with Crippen molar-refractivity contribution in [3.05, 3.63) is 0 Å². The lowest BCUT2D eigenvalue weighted by molar-refractivity contribution is -0.137. The SMILES string of the molecule is CC1NC1CCC(=O)O. The summed E-state index contributed by atoms with van der Waals surface area (Å²) in [6.07, 6.45) is 1.07. The summed E-state index contributed by atoms with van der Waals surface area (Å²) in [7, 11) is 0. The average molecular weight is 129 g/mol. The van der Waals surface area contributed by atoms with Crippen LogP contribution in [0.25, 0.3) is 0 Å². The smallest absolute Gasteiger partial charge is 0.303 e. The Kier molecular flexibility index (Phi) is 1.71. The molecule has 0 aromatic rings. The van der Waals surface area contributed by atoms with Gasteiger partial charge in [0, 0.05) is 18.5 Å². The van der Waals surface area contributed by atoms with E-state index in [-0.39, 0.29) is 0 Å². The van der Waals surface area contributed by atoms with Crippen LogP contribution in [0.2, 0.25) is 0 Å². The molecule has 1 saturated heterocycles. The molecule has 52 valence electrons. The van der Waals surface area contributed by atoms with Gasteiger partial charge in [-0.05, 0) is 13.3 Å². The molecular formula is C6H11NO2. The summed E-state index contributed by atoms with van der Waals surface area (Å²) < 4.78 is 0. The van der Waals surface area contributed by atoms with E-state index in [9.17, 15) is 4.79 Å². The Balaban J connectivity index is 2.00. The molecule has 3 heteroatoms. The van der Waals surface area contributed by atoms with E-state index in [2.05, 4.69) is 12.2 Å². The molecule has 0 saturated carbocycles. The second kappa shape index (κ2) is 2.35. The minimum atomic E-state index is -0.698. The number of rotatable bonds is 3. The Labute approximate surface area is 54.1 Å². The molecule has 1 aliphatic rings. The zero-order valence-corrected chi connectivity index (χ0v) is 5.42. The van der Waals surface area contributed by atoms with Crippen LogP contribution >= 0.6 is 0 Å². The molecule has 3 nitrogen and oxygen atoms in total. The fraction of sp³-hybridized carbons (Fsp3) is 0.833. The highest BCUT2D eigenvalue weighted by Crippen LogP contribution is 2.14. The highest BCUT2D eigenvalue weighted by molar-refractivity contribution is 5.66. The Morgan fingerprint density at radius 3 is 2.67 bits per heavy atom. The van der Waals surface area contributed by atoms with Crippen LogP contribution in [0.15, 0.2) is 0 Å². The zero-order valence-electron chi connectivity index (χ0n) is 5.42. The molecule has 1 heterocycles. The van der Waals surface area contributed by atoms with Gasteiger partial charge in [-0.2, -0.15) is 0 Å². The topological polar surface area (TPSA) is 59.2 Å². The molecule has 0 aromatic carbocycles. The predicted molar refractivity (Wildman–Crippen MR) is 33.3 cm³/mol. The van der Waals surface area contributed by atoms with Crippen LogP contribution in [-0.4, -0.2) is 23.2 Å². The van der Waals surface area contributed by atoms with Crippen molar-refractivity contribution in [1.82, 2.24) is 5.32 Å². The van der Waals surface area contributed by atoms with Crippen molar-refractivity contribution in [3.8, 4) is 0 Å². The fourth-order valence-electron chi connectivity index (χ4n) is 0.894. The van der Waals surface area contributed by atoms with Crippen molar-refractivity contribution < 1.29 is 9.90 Å². The summed E-state index contributed by atoms with van der Waals surface area (Å²) in [5.41, 5.74) is 0. The molecule has 2 N–H and O–H groups in total. The number of hydrogen-bond donors (Lipinski definition) is 2. The van der Waals surface area contributed by atoms with Gasteiger partial charge >= 0.3 is 5.97 Å². The number of carboxylic acid groups (broad SMARTS) is 1. The average Bonchev–Trinajstić information content (AvgIpc) is 2.42. The first kappa shape index (κ1) is 6.55. The summed E-state index contributed by atoms with van der Waals surface area (Å²) in [6, 6.07) is 1.02. The summed E-state index contributed by atoms with van der Waals surface area (Å²) in [5.74, 6) is -0.698. The molecule has 2 unspecified atom stereocenters. The van der Waals surface area contributed by atoms with Crippen LogP contribution in [0.4, 0.5) is 0 Å². The van der Waals surface area contributed by atoms with Gasteiger partial charge in [-0.15, -0.1) is 0 Å². The van der Waals surface area contributed by atoms with Crippen molar-refractivity contribution in [2.24, 2.45) is 0 Å². The van der Waals surface area contributed by atoms with E-state index in [4.69, 9.17) is 5.11 Å². The quantitative estimate of drug-likeness (QED) is 0.535. The third-order valence-corrected chi connectivity index (χ3v) is 1.64. The monoisotopic (exact) mass is 129 g/mol. The van der Waals surface area contributed by atoms with E-state index in [1.165, 1.54) is 0 Å². The first-order valence-electron chi connectivity index (χ1n) is 3.18. The predicted octanol–water partition coefficient (Wildman–Crippen LogP) is 0.211. The number of hydrogen-bond acceptors (Lipinski definition) is 2. The Morgan fingerprint density at radius 2 is 2.33 bits per heavy atom. The molecular weight excluding hydrogens is 118 g/mol. The van der Waals surface area contributed by atoms with Crippen LogP contribution in [-0.2, 0) is 4.79 Å². The normalized spacial score (nSPS) is 32.1. The highest BCUT2D eigenvalue weighted by Gasteiger charge is 2.30. The fourth-order valence-corrected chi connectivity index (χ4v) is 0.894. The maximum absolute atomic E-state index is 10.0. The van der Waals surface area contributed by atoms with Gasteiger partial charge in [0.05, 0.1) is 0 Å². The van der Waals surface area contributed by atoms with Gasteiger partial charge in [0.25, 0.3) is 0 Å².